The van der Waals surface area contributed by atoms with Gasteiger partial charge in [0.1, 0.15) is 24.2 Å². The number of anilines is 1. The summed E-state index contributed by atoms with van der Waals surface area (Å²) >= 11 is 2.91. The van der Waals surface area contributed by atoms with Crippen LogP contribution in [0.4, 0.5) is 5.69 Å². The van der Waals surface area contributed by atoms with E-state index in [1.54, 1.807) is 18.8 Å². The minimum Gasteiger partial charge on any atom is -0.477 e. The third-order valence-electron chi connectivity index (χ3n) is 4.51. The van der Waals surface area contributed by atoms with Gasteiger partial charge in [-0.2, -0.15) is 0 Å². The first-order valence-corrected chi connectivity index (χ1v) is 10.5. The van der Waals surface area contributed by atoms with Gasteiger partial charge < -0.3 is 10.4 Å². The summed E-state index contributed by atoms with van der Waals surface area (Å²) in [4.78, 5) is 26.0. The number of carbonyl (C=O) groups excluding carboxylic acids is 1. The summed E-state index contributed by atoms with van der Waals surface area (Å²) in [6.45, 7) is 0. The van der Waals surface area contributed by atoms with Gasteiger partial charge in [-0.1, -0.05) is 11.8 Å². The highest BCUT2D eigenvalue weighted by Gasteiger charge is 2.53. The molecule has 4 heterocycles. The monoisotopic (exact) mass is 420 g/mol. The van der Waals surface area contributed by atoms with Crippen LogP contribution in [0.15, 0.2) is 41.0 Å². The van der Waals surface area contributed by atoms with Gasteiger partial charge in [-0.25, -0.2) is 14.0 Å². The minimum atomic E-state index is -1.09. The number of nitrogens with one attached hydrogen (secondary N) is 1. The van der Waals surface area contributed by atoms with Crippen LogP contribution in [0.2, 0.25) is 0 Å². The van der Waals surface area contributed by atoms with E-state index in [0.717, 1.165) is 5.69 Å². The summed E-state index contributed by atoms with van der Waals surface area (Å²) in [5, 5.41) is 24.5. The zero-order valence-corrected chi connectivity index (χ0v) is 16.8. The van der Waals surface area contributed by atoms with Gasteiger partial charge in [0.25, 0.3) is 5.91 Å². The van der Waals surface area contributed by atoms with Crippen LogP contribution in [0.1, 0.15) is 0 Å². The van der Waals surface area contributed by atoms with Gasteiger partial charge >= 0.3 is 5.97 Å². The SMILES string of the molecule is Cn1nnnc1SCC1=C(C(=O)O)N2C(=O)[C@@H](Nc3cc[n+](C)cc3)[C@H]2SC1. The smallest absolute Gasteiger partial charge is 0.352 e. The van der Waals surface area contributed by atoms with Gasteiger partial charge in [-0.15, -0.1) is 16.9 Å². The van der Waals surface area contributed by atoms with Crippen molar-refractivity contribution in [3.63, 3.8) is 0 Å². The van der Waals surface area contributed by atoms with Crippen LogP contribution in [0.5, 0.6) is 0 Å². The molecule has 1 amide bonds. The molecule has 1 fully saturated rings. The molecule has 4 rings (SSSR count). The van der Waals surface area contributed by atoms with Crippen molar-refractivity contribution in [2.24, 2.45) is 14.1 Å². The molecule has 28 heavy (non-hydrogen) atoms. The van der Waals surface area contributed by atoms with E-state index < -0.39 is 12.0 Å². The second-order valence-corrected chi connectivity index (χ2v) is 8.46. The molecule has 146 valence electrons. The molecule has 0 aliphatic carbocycles. The zero-order valence-electron chi connectivity index (χ0n) is 15.1. The lowest BCUT2D eigenvalue weighted by Gasteiger charge is -2.49. The highest BCUT2D eigenvalue weighted by Crippen LogP contribution is 2.42. The van der Waals surface area contributed by atoms with Crippen LogP contribution in [0.25, 0.3) is 0 Å². The Balaban J connectivity index is 1.51. The van der Waals surface area contributed by atoms with Crippen molar-refractivity contribution in [2.45, 2.75) is 16.6 Å². The fraction of sp³-hybridized carbons (Fsp3) is 0.375. The van der Waals surface area contributed by atoms with Crippen molar-refractivity contribution < 1.29 is 19.3 Å². The minimum absolute atomic E-state index is 0.0777. The standard InChI is InChI=1S/C16H17N7O3S2/c1-21-5-3-10(4-6-21)17-11-13(24)23-12(15(25)26)9(7-27-14(11)23)8-28-16-18-19-20-22(16)2/h3-6,11,14H,7-8H2,1-2H3,(H,25,26)/p+1/t11-,14-/m1/s1. The fourth-order valence-electron chi connectivity index (χ4n) is 3.07. The summed E-state index contributed by atoms with van der Waals surface area (Å²) in [7, 11) is 3.64. The number of fused-ring (bicyclic) bond motifs is 1. The van der Waals surface area contributed by atoms with Gasteiger partial charge in [0.05, 0.1) is 0 Å². The van der Waals surface area contributed by atoms with Gasteiger partial charge in [0.15, 0.2) is 12.4 Å². The molecule has 0 radical (unpaired) electrons. The van der Waals surface area contributed by atoms with E-state index in [1.807, 2.05) is 36.1 Å². The van der Waals surface area contributed by atoms with Gasteiger partial charge in [0, 0.05) is 36.4 Å². The number of nitrogens with zero attached hydrogens (tertiary/aromatic N) is 6. The molecule has 0 saturated carbocycles. The molecule has 0 aromatic carbocycles. The number of amides is 1. The van der Waals surface area contributed by atoms with E-state index >= 15 is 0 Å². The zero-order chi connectivity index (χ0) is 19.8. The van der Waals surface area contributed by atoms with Crippen LogP contribution < -0.4 is 9.88 Å². The number of carboxylic acid groups (broad SMARTS) is 1. The molecule has 0 unspecified atom stereocenters. The van der Waals surface area contributed by atoms with Crippen molar-refractivity contribution in [3.8, 4) is 0 Å². The maximum atomic E-state index is 12.7. The number of β-lactam (4-membered cyclic amide) rings is 1. The van der Waals surface area contributed by atoms with Crippen molar-refractivity contribution in [2.75, 3.05) is 16.8 Å². The van der Waals surface area contributed by atoms with Crippen LogP contribution in [0, 0.1) is 0 Å². The molecule has 2 atom stereocenters. The number of aryl methyl sites for hydroxylation is 2. The molecule has 2 aliphatic rings. The lowest BCUT2D eigenvalue weighted by atomic mass is 10.0. The number of carbonyl (C=O) groups is 2. The largest absolute Gasteiger partial charge is 0.477 e. The second-order valence-electron chi connectivity index (χ2n) is 6.42. The number of hydrogen-bond acceptors (Lipinski definition) is 8. The first-order chi connectivity index (χ1) is 13.5. The Morgan fingerprint density at radius 1 is 1.46 bits per heavy atom. The Labute approximate surface area is 169 Å². The molecule has 2 N–H and O–H groups in total. The van der Waals surface area contributed by atoms with Crippen LogP contribution >= 0.6 is 23.5 Å². The predicted octanol–water partition coefficient (Wildman–Crippen LogP) is -0.139. The molecule has 0 bridgehead atoms. The molecular weight excluding hydrogens is 402 g/mol. The lowest BCUT2D eigenvalue weighted by molar-refractivity contribution is -0.671. The van der Waals surface area contributed by atoms with E-state index in [0.29, 0.717) is 22.2 Å². The number of aromatic nitrogens is 5. The molecular formula is C16H18N7O3S2+. The number of tetrazole rings is 1. The molecule has 10 nitrogen and oxygen atoms in total. The van der Waals surface area contributed by atoms with Gasteiger partial charge in [-0.3, -0.25) is 9.69 Å². The molecule has 2 aliphatic heterocycles. The summed E-state index contributed by atoms with van der Waals surface area (Å²) in [6.07, 6.45) is 3.77. The number of rotatable bonds is 6. The van der Waals surface area contributed by atoms with E-state index in [-0.39, 0.29) is 17.0 Å². The molecule has 0 spiro atoms. The maximum Gasteiger partial charge on any atom is 0.352 e. The topological polar surface area (TPSA) is 117 Å². The molecule has 2 aromatic rings. The van der Waals surface area contributed by atoms with Crippen molar-refractivity contribution in [3.05, 3.63) is 35.8 Å². The number of hydrogen-bond donors (Lipinski definition) is 2. The van der Waals surface area contributed by atoms with Crippen LogP contribution in [-0.4, -0.2) is 65.0 Å². The number of aliphatic carboxylic acids is 1. The number of thioether (sulfide) groups is 2. The summed E-state index contributed by atoms with van der Waals surface area (Å²) < 4.78 is 3.43. The average Bonchev–Trinajstić information content (AvgIpc) is 3.09. The third-order valence-corrected chi connectivity index (χ3v) is 6.94. The highest BCUT2D eigenvalue weighted by atomic mass is 32.2. The van der Waals surface area contributed by atoms with Crippen LogP contribution in [-0.2, 0) is 23.7 Å². The normalized spacial score (nSPS) is 21.4. The quantitative estimate of drug-likeness (QED) is 0.374. The Bertz CT molecular complexity index is 959. The van der Waals surface area contributed by atoms with E-state index in [4.69, 9.17) is 0 Å². The Kier molecular flexibility index (Phi) is 4.98. The Hall–Kier alpha value is -2.60. The van der Waals surface area contributed by atoms with Gasteiger partial charge in [0.2, 0.25) is 5.16 Å². The molecule has 1 saturated heterocycles. The predicted molar refractivity (Wildman–Crippen MR) is 102 cm³/mol. The van der Waals surface area contributed by atoms with Crippen molar-refractivity contribution >= 4 is 41.1 Å². The lowest BCUT2D eigenvalue weighted by Crippen LogP contribution is -2.67. The Morgan fingerprint density at radius 2 is 2.21 bits per heavy atom. The first kappa shape index (κ1) is 18.7. The third kappa shape index (κ3) is 3.33. The summed E-state index contributed by atoms with van der Waals surface area (Å²) in [6, 6.07) is 3.33. The van der Waals surface area contributed by atoms with E-state index in [1.165, 1.54) is 21.3 Å². The summed E-state index contributed by atoms with van der Waals surface area (Å²) in [5.74, 6) is -0.371. The summed E-state index contributed by atoms with van der Waals surface area (Å²) in [5.41, 5.74) is 1.60. The van der Waals surface area contributed by atoms with Crippen molar-refractivity contribution in [1.82, 2.24) is 25.1 Å². The number of pyridine rings is 1. The second kappa shape index (κ2) is 7.43. The highest BCUT2D eigenvalue weighted by molar-refractivity contribution is 8.01. The average molecular weight is 421 g/mol. The van der Waals surface area contributed by atoms with E-state index in [9.17, 15) is 14.7 Å². The Morgan fingerprint density at radius 3 is 2.86 bits per heavy atom. The first-order valence-electron chi connectivity index (χ1n) is 8.42. The molecule has 2 aromatic heterocycles. The molecule has 12 heteroatoms. The van der Waals surface area contributed by atoms with Crippen LogP contribution in [0.3, 0.4) is 0 Å². The van der Waals surface area contributed by atoms with Crippen molar-refractivity contribution in [1.29, 1.82) is 0 Å². The maximum absolute atomic E-state index is 12.7. The number of carboxylic acids is 1. The van der Waals surface area contributed by atoms with Gasteiger partial charge in [-0.05, 0) is 16.0 Å². The fourth-order valence-corrected chi connectivity index (χ4v) is 5.40. The van der Waals surface area contributed by atoms with E-state index in [2.05, 4.69) is 20.8 Å².